The van der Waals surface area contributed by atoms with Crippen LogP contribution in [0.5, 0.6) is 0 Å². The molecule has 0 unspecified atom stereocenters. The van der Waals surface area contributed by atoms with E-state index in [2.05, 4.69) is 59.0 Å². The van der Waals surface area contributed by atoms with Crippen LogP contribution in [0.15, 0.2) is 47.1 Å². The second-order valence-electron chi connectivity index (χ2n) is 5.42. The van der Waals surface area contributed by atoms with Crippen molar-refractivity contribution < 1.29 is 5.11 Å². The van der Waals surface area contributed by atoms with Crippen LogP contribution in [0.1, 0.15) is 31.0 Å². The smallest absolute Gasteiger partial charge is 0.137 e. The van der Waals surface area contributed by atoms with Crippen molar-refractivity contribution in [2.45, 2.75) is 26.4 Å². The van der Waals surface area contributed by atoms with Gasteiger partial charge in [0.05, 0.1) is 18.0 Å². The Hall–Kier alpha value is -1.65. The molecule has 0 saturated carbocycles. The van der Waals surface area contributed by atoms with Gasteiger partial charge in [-0.05, 0) is 39.5 Å². The van der Waals surface area contributed by atoms with Crippen LogP contribution in [0.4, 0.5) is 0 Å². The quantitative estimate of drug-likeness (QED) is 0.765. The number of pyridine rings is 1. The molecule has 3 rings (SSSR count). The summed E-state index contributed by atoms with van der Waals surface area (Å²) in [4.78, 5) is 4.65. The summed E-state index contributed by atoms with van der Waals surface area (Å²) in [5.41, 5.74) is 4.82. The molecule has 0 bridgehead atoms. The average Bonchev–Trinajstić information content (AvgIpc) is 2.85. The van der Waals surface area contributed by atoms with Crippen molar-refractivity contribution in [3.8, 4) is 11.3 Å². The van der Waals surface area contributed by atoms with Crippen molar-refractivity contribution in [2.24, 2.45) is 0 Å². The number of halogens is 1. The molecule has 3 nitrogen and oxygen atoms in total. The minimum absolute atomic E-state index is 0.0428. The van der Waals surface area contributed by atoms with E-state index in [0.717, 1.165) is 27.1 Å². The zero-order chi connectivity index (χ0) is 15.0. The van der Waals surface area contributed by atoms with Gasteiger partial charge in [0, 0.05) is 16.2 Å². The minimum atomic E-state index is -0.0428. The monoisotopic (exact) mass is 344 g/mol. The number of aliphatic hydroxyl groups is 1. The van der Waals surface area contributed by atoms with Gasteiger partial charge in [0.15, 0.2) is 0 Å². The molecule has 0 aliphatic rings. The van der Waals surface area contributed by atoms with Crippen LogP contribution in [-0.4, -0.2) is 14.5 Å². The molecule has 0 aliphatic carbocycles. The maximum Gasteiger partial charge on any atom is 0.137 e. The Morgan fingerprint density at radius 1 is 1.14 bits per heavy atom. The van der Waals surface area contributed by atoms with E-state index in [9.17, 15) is 5.11 Å². The number of rotatable bonds is 3. The first kappa shape index (κ1) is 14.3. The summed E-state index contributed by atoms with van der Waals surface area (Å²) in [6, 6.07) is 12.3. The van der Waals surface area contributed by atoms with E-state index >= 15 is 0 Å². The van der Waals surface area contributed by atoms with Crippen molar-refractivity contribution >= 4 is 21.6 Å². The highest BCUT2D eigenvalue weighted by molar-refractivity contribution is 9.10. The predicted molar refractivity (Wildman–Crippen MR) is 88.3 cm³/mol. The van der Waals surface area contributed by atoms with E-state index in [1.807, 2.05) is 22.7 Å². The number of hydrogen-bond acceptors (Lipinski definition) is 2. The van der Waals surface area contributed by atoms with Crippen molar-refractivity contribution in [3.63, 3.8) is 0 Å². The summed E-state index contributed by atoms with van der Waals surface area (Å²) in [7, 11) is 0. The summed E-state index contributed by atoms with van der Waals surface area (Å²) >= 11 is 3.46. The molecule has 0 atom stereocenters. The highest BCUT2D eigenvalue weighted by atomic mass is 79.9. The molecule has 0 saturated heterocycles. The normalized spacial score (nSPS) is 11.5. The third kappa shape index (κ3) is 2.61. The lowest BCUT2D eigenvalue weighted by molar-refractivity contribution is 0.276. The van der Waals surface area contributed by atoms with Crippen LogP contribution < -0.4 is 0 Å². The molecule has 4 heteroatoms. The second-order valence-corrected chi connectivity index (χ2v) is 6.33. The predicted octanol–water partition coefficient (Wildman–Crippen LogP) is 4.38. The zero-order valence-electron chi connectivity index (χ0n) is 12.0. The molecule has 3 aromatic rings. The molecule has 21 heavy (non-hydrogen) atoms. The SMILES string of the molecule is CC(C)c1ccc(-c2nc3ccc(Br)cn3c2CO)cc1. The van der Waals surface area contributed by atoms with E-state index in [1.54, 1.807) is 0 Å². The fourth-order valence-electron chi connectivity index (χ4n) is 2.48. The van der Waals surface area contributed by atoms with E-state index in [4.69, 9.17) is 0 Å². The number of nitrogens with zero attached hydrogens (tertiary/aromatic N) is 2. The lowest BCUT2D eigenvalue weighted by Gasteiger charge is -2.06. The number of aromatic nitrogens is 2. The van der Waals surface area contributed by atoms with Crippen LogP contribution in [0.3, 0.4) is 0 Å². The van der Waals surface area contributed by atoms with Crippen LogP contribution in [0.25, 0.3) is 16.9 Å². The van der Waals surface area contributed by atoms with Gasteiger partial charge >= 0.3 is 0 Å². The molecule has 2 heterocycles. The van der Waals surface area contributed by atoms with Gasteiger partial charge in [-0.15, -0.1) is 0 Å². The summed E-state index contributed by atoms with van der Waals surface area (Å²) in [5, 5.41) is 9.72. The van der Waals surface area contributed by atoms with Crippen LogP contribution >= 0.6 is 15.9 Å². The van der Waals surface area contributed by atoms with E-state index in [-0.39, 0.29) is 6.61 Å². The van der Waals surface area contributed by atoms with Gasteiger partial charge in [0.2, 0.25) is 0 Å². The molecular formula is C17H17BrN2O. The van der Waals surface area contributed by atoms with Gasteiger partial charge in [-0.1, -0.05) is 38.1 Å². The Bertz CT molecular complexity index is 775. The van der Waals surface area contributed by atoms with Gasteiger partial charge in [-0.25, -0.2) is 4.98 Å². The molecule has 0 amide bonds. The van der Waals surface area contributed by atoms with E-state index < -0.39 is 0 Å². The zero-order valence-corrected chi connectivity index (χ0v) is 13.6. The van der Waals surface area contributed by atoms with Crippen molar-refractivity contribution in [1.82, 2.24) is 9.38 Å². The Kier molecular flexibility index (Phi) is 3.83. The van der Waals surface area contributed by atoms with Gasteiger partial charge in [0.25, 0.3) is 0 Å². The largest absolute Gasteiger partial charge is 0.390 e. The summed E-state index contributed by atoms with van der Waals surface area (Å²) in [6.45, 7) is 4.31. The van der Waals surface area contributed by atoms with Gasteiger partial charge < -0.3 is 5.11 Å². The number of fused-ring (bicyclic) bond motifs is 1. The first-order chi connectivity index (χ1) is 10.1. The minimum Gasteiger partial charge on any atom is -0.390 e. The Balaban J connectivity index is 2.15. The molecule has 0 aliphatic heterocycles. The maximum absolute atomic E-state index is 9.72. The standard InChI is InChI=1S/C17H17BrN2O/c1-11(2)12-3-5-13(6-4-12)17-15(10-21)20-9-14(18)7-8-16(20)19-17/h3-9,11,21H,10H2,1-2H3. The van der Waals surface area contributed by atoms with Crippen molar-refractivity contribution in [1.29, 1.82) is 0 Å². The lowest BCUT2D eigenvalue weighted by Crippen LogP contribution is -1.94. The molecule has 108 valence electrons. The maximum atomic E-state index is 9.72. The summed E-state index contributed by atoms with van der Waals surface area (Å²) in [6.07, 6.45) is 1.93. The van der Waals surface area contributed by atoms with E-state index in [1.165, 1.54) is 5.56 Å². The highest BCUT2D eigenvalue weighted by Gasteiger charge is 2.13. The third-order valence-corrected chi connectivity index (χ3v) is 4.15. The molecule has 1 aromatic carbocycles. The summed E-state index contributed by atoms with van der Waals surface area (Å²) in [5.74, 6) is 0.508. The molecule has 2 aromatic heterocycles. The number of imidazole rings is 1. The van der Waals surface area contributed by atoms with Gasteiger partial charge in [-0.3, -0.25) is 4.40 Å². The number of hydrogen-bond donors (Lipinski definition) is 1. The molecule has 0 radical (unpaired) electrons. The Morgan fingerprint density at radius 2 is 1.86 bits per heavy atom. The second kappa shape index (κ2) is 5.62. The van der Waals surface area contributed by atoms with Crippen molar-refractivity contribution in [2.75, 3.05) is 0 Å². The molecule has 1 N–H and O–H groups in total. The topological polar surface area (TPSA) is 37.5 Å². The fraction of sp³-hybridized carbons (Fsp3) is 0.235. The Morgan fingerprint density at radius 3 is 2.48 bits per heavy atom. The molecule has 0 spiro atoms. The number of benzene rings is 1. The highest BCUT2D eigenvalue weighted by Crippen LogP contribution is 2.27. The lowest BCUT2D eigenvalue weighted by atomic mass is 10.0. The molecular weight excluding hydrogens is 328 g/mol. The first-order valence-electron chi connectivity index (χ1n) is 6.98. The van der Waals surface area contributed by atoms with Gasteiger partial charge in [0.1, 0.15) is 5.65 Å². The van der Waals surface area contributed by atoms with Crippen LogP contribution in [0.2, 0.25) is 0 Å². The van der Waals surface area contributed by atoms with E-state index in [0.29, 0.717) is 5.92 Å². The van der Waals surface area contributed by atoms with Gasteiger partial charge in [-0.2, -0.15) is 0 Å². The third-order valence-electron chi connectivity index (χ3n) is 3.68. The van der Waals surface area contributed by atoms with Crippen molar-refractivity contribution in [3.05, 3.63) is 58.3 Å². The Labute approximate surface area is 132 Å². The average molecular weight is 345 g/mol. The van der Waals surface area contributed by atoms with Crippen LogP contribution in [0, 0.1) is 0 Å². The fourth-order valence-corrected chi connectivity index (χ4v) is 2.81. The summed E-state index contributed by atoms with van der Waals surface area (Å²) < 4.78 is 2.89. The first-order valence-corrected chi connectivity index (χ1v) is 7.77. The van der Waals surface area contributed by atoms with Crippen LogP contribution in [-0.2, 0) is 6.61 Å². The number of aliphatic hydroxyl groups excluding tert-OH is 1. The molecule has 0 fully saturated rings.